The Morgan fingerprint density at radius 3 is 2.72 bits per heavy atom. The lowest BCUT2D eigenvalue weighted by atomic mass is 10.1. The molecule has 0 saturated carbocycles. The number of aromatic nitrogens is 1. The molecule has 3 rings (SSSR count). The second-order valence-corrected chi connectivity index (χ2v) is 6.98. The molecule has 1 aliphatic heterocycles. The fourth-order valence-electron chi connectivity index (χ4n) is 3.17. The first-order valence-corrected chi connectivity index (χ1v) is 10.2. The Hall–Kier alpha value is -3.82. The van der Waals surface area contributed by atoms with Crippen LogP contribution in [-0.4, -0.2) is 74.6 Å². The smallest absolute Gasteiger partial charge is 0.255 e. The van der Waals surface area contributed by atoms with Crippen LogP contribution in [0, 0.1) is 0 Å². The number of hydrogen-bond acceptors (Lipinski definition) is 7. The van der Waals surface area contributed by atoms with E-state index in [0.29, 0.717) is 41.5 Å². The van der Waals surface area contributed by atoms with Crippen molar-refractivity contribution in [3.05, 3.63) is 47.7 Å². The van der Waals surface area contributed by atoms with Crippen LogP contribution in [0.2, 0.25) is 0 Å². The molecule has 0 aliphatic carbocycles. The molecule has 10 heteroatoms. The molecule has 2 N–H and O–H groups in total. The Bertz CT molecular complexity index is 981. The van der Waals surface area contributed by atoms with Gasteiger partial charge >= 0.3 is 0 Å². The van der Waals surface area contributed by atoms with Crippen molar-refractivity contribution in [2.75, 3.05) is 47.0 Å². The molecule has 2 aromatic rings. The van der Waals surface area contributed by atoms with E-state index in [4.69, 9.17) is 14.2 Å². The van der Waals surface area contributed by atoms with Crippen molar-refractivity contribution < 1.29 is 28.6 Å². The number of rotatable bonds is 3. The molecular weight excluding hydrogens is 416 g/mol. The highest BCUT2D eigenvalue weighted by Crippen LogP contribution is 2.25. The molecule has 3 amide bonds. The topological polar surface area (TPSA) is 119 Å². The number of benzene rings is 1. The van der Waals surface area contributed by atoms with Gasteiger partial charge in [0, 0.05) is 37.0 Å². The monoisotopic (exact) mass is 442 g/mol. The summed E-state index contributed by atoms with van der Waals surface area (Å²) >= 11 is 0. The van der Waals surface area contributed by atoms with E-state index in [1.54, 1.807) is 24.3 Å². The first-order valence-electron chi connectivity index (χ1n) is 10.2. The Kier molecular flexibility index (Phi) is 7.85. The number of pyridine rings is 1. The predicted octanol–water partition coefficient (Wildman–Crippen LogP) is 0.870. The molecule has 0 atom stereocenters. The van der Waals surface area contributed by atoms with Crippen molar-refractivity contribution in [2.24, 2.45) is 0 Å². The minimum atomic E-state index is -0.326. The molecular formula is C22H26N4O6. The fourth-order valence-corrected chi connectivity index (χ4v) is 3.17. The van der Waals surface area contributed by atoms with Gasteiger partial charge in [-0.3, -0.25) is 14.4 Å². The summed E-state index contributed by atoms with van der Waals surface area (Å²) in [7, 11) is 2.99. The van der Waals surface area contributed by atoms with Crippen molar-refractivity contribution in [2.45, 2.75) is 6.42 Å². The Balaban J connectivity index is 1.74. The summed E-state index contributed by atoms with van der Waals surface area (Å²) in [4.78, 5) is 43.5. The Labute approximate surface area is 185 Å². The zero-order valence-electron chi connectivity index (χ0n) is 18.1. The van der Waals surface area contributed by atoms with E-state index in [2.05, 4.69) is 15.6 Å². The summed E-state index contributed by atoms with van der Waals surface area (Å²) in [6.07, 6.45) is 1.93. The largest absolute Gasteiger partial charge is 0.497 e. The van der Waals surface area contributed by atoms with E-state index in [-0.39, 0.29) is 44.0 Å². The number of carbonyl (C=O) groups is 3. The number of carbonyl (C=O) groups excluding carboxylic acids is 3. The van der Waals surface area contributed by atoms with Crippen molar-refractivity contribution in [3.63, 3.8) is 0 Å². The van der Waals surface area contributed by atoms with Crippen LogP contribution in [0.5, 0.6) is 17.4 Å². The first-order chi connectivity index (χ1) is 15.5. The van der Waals surface area contributed by atoms with E-state index < -0.39 is 0 Å². The lowest BCUT2D eigenvalue weighted by Crippen LogP contribution is -2.43. The number of hydrogen-bond donors (Lipinski definition) is 2. The highest BCUT2D eigenvalue weighted by Gasteiger charge is 2.20. The van der Waals surface area contributed by atoms with Crippen LogP contribution in [0.4, 0.5) is 0 Å². The first kappa shape index (κ1) is 22.9. The Morgan fingerprint density at radius 2 is 1.94 bits per heavy atom. The molecule has 10 nitrogen and oxygen atoms in total. The van der Waals surface area contributed by atoms with Crippen molar-refractivity contribution in [3.8, 4) is 17.4 Å². The van der Waals surface area contributed by atoms with Gasteiger partial charge < -0.3 is 29.7 Å². The van der Waals surface area contributed by atoms with Crippen molar-refractivity contribution in [1.82, 2.24) is 20.5 Å². The average molecular weight is 442 g/mol. The molecule has 0 saturated heterocycles. The van der Waals surface area contributed by atoms with Gasteiger partial charge in [0.15, 0.2) is 0 Å². The second-order valence-electron chi connectivity index (χ2n) is 6.98. The lowest BCUT2D eigenvalue weighted by Gasteiger charge is -2.23. The standard InChI is InChI=1S/C22H26N4O6/c1-30-16-4-5-17-18(13-16)32-11-9-23-19(27)14-26(10-3-7-25-21(17)28)22(29)15-6-8-24-20(12-15)31-2/h4-6,8,12-13H,3,7,9-11,14H2,1-2H3,(H,23,27)(H,25,28). The van der Waals surface area contributed by atoms with Crippen LogP contribution in [0.15, 0.2) is 36.5 Å². The van der Waals surface area contributed by atoms with Crippen LogP contribution < -0.4 is 24.8 Å². The third-order valence-electron chi connectivity index (χ3n) is 4.82. The molecule has 32 heavy (non-hydrogen) atoms. The molecule has 0 unspecified atom stereocenters. The van der Waals surface area contributed by atoms with Gasteiger partial charge in [0.1, 0.15) is 18.1 Å². The van der Waals surface area contributed by atoms with Crippen LogP contribution >= 0.6 is 0 Å². The van der Waals surface area contributed by atoms with Crippen LogP contribution in [0.25, 0.3) is 0 Å². The quantitative estimate of drug-likeness (QED) is 0.724. The van der Waals surface area contributed by atoms with Gasteiger partial charge in [-0.15, -0.1) is 0 Å². The zero-order chi connectivity index (χ0) is 22.9. The van der Waals surface area contributed by atoms with Crippen molar-refractivity contribution in [1.29, 1.82) is 0 Å². The van der Waals surface area contributed by atoms with E-state index in [9.17, 15) is 14.4 Å². The van der Waals surface area contributed by atoms with Gasteiger partial charge in [-0.1, -0.05) is 0 Å². The molecule has 2 heterocycles. The molecule has 0 spiro atoms. The highest BCUT2D eigenvalue weighted by atomic mass is 16.5. The maximum absolute atomic E-state index is 13.0. The SMILES string of the molecule is COc1ccc2c(c1)OCCNC(=O)CN(C(=O)c1ccnc(OC)c1)CCCNC2=O. The van der Waals surface area contributed by atoms with Crippen LogP contribution in [0.3, 0.4) is 0 Å². The van der Waals surface area contributed by atoms with Gasteiger partial charge in [-0.25, -0.2) is 4.98 Å². The predicted molar refractivity (Wildman–Crippen MR) is 115 cm³/mol. The summed E-state index contributed by atoms with van der Waals surface area (Å²) < 4.78 is 16.0. The maximum atomic E-state index is 13.0. The van der Waals surface area contributed by atoms with Crippen LogP contribution in [0.1, 0.15) is 27.1 Å². The normalized spacial score (nSPS) is 15.4. The van der Waals surface area contributed by atoms with E-state index in [1.807, 2.05) is 0 Å². The Morgan fingerprint density at radius 1 is 1.09 bits per heavy atom. The number of ether oxygens (including phenoxy) is 3. The second kappa shape index (κ2) is 11.0. The summed E-state index contributed by atoms with van der Waals surface area (Å²) in [6.45, 7) is 0.831. The average Bonchev–Trinajstić information content (AvgIpc) is 2.82. The molecule has 1 aromatic heterocycles. The third-order valence-corrected chi connectivity index (χ3v) is 4.82. The van der Waals surface area contributed by atoms with Gasteiger partial charge in [0.2, 0.25) is 11.8 Å². The highest BCUT2D eigenvalue weighted by molar-refractivity contribution is 5.97. The molecule has 1 aliphatic rings. The van der Waals surface area contributed by atoms with Crippen LogP contribution in [-0.2, 0) is 4.79 Å². The summed E-state index contributed by atoms with van der Waals surface area (Å²) in [6, 6.07) is 8.02. The van der Waals surface area contributed by atoms with Gasteiger partial charge in [0.25, 0.3) is 11.8 Å². The van der Waals surface area contributed by atoms with Gasteiger partial charge in [0.05, 0.1) is 32.9 Å². The minimum absolute atomic E-state index is 0.123. The minimum Gasteiger partial charge on any atom is -0.497 e. The fraction of sp³-hybridized carbons (Fsp3) is 0.364. The third kappa shape index (κ3) is 5.87. The van der Waals surface area contributed by atoms with E-state index in [0.717, 1.165) is 0 Å². The summed E-state index contributed by atoms with van der Waals surface area (Å²) in [5.74, 6) is 0.311. The maximum Gasteiger partial charge on any atom is 0.255 e. The number of nitrogens with one attached hydrogen (secondary N) is 2. The number of amides is 3. The van der Waals surface area contributed by atoms with Gasteiger partial charge in [-0.05, 0) is 24.6 Å². The zero-order valence-corrected chi connectivity index (χ0v) is 18.1. The number of nitrogens with zero attached hydrogens (tertiary/aromatic N) is 2. The molecule has 0 fully saturated rings. The molecule has 0 radical (unpaired) electrons. The number of fused-ring (bicyclic) bond motifs is 1. The number of methoxy groups -OCH3 is 2. The molecule has 1 aromatic carbocycles. The summed E-state index contributed by atoms with van der Waals surface area (Å²) in [5, 5.41) is 5.57. The lowest BCUT2D eigenvalue weighted by molar-refractivity contribution is -0.121. The summed E-state index contributed by atoms with van der Waals surface area (Å²) in [5.41, 5.74) is 0.729. The molecule has 170 valence electrons. The van der Waals surface area contributed by atoms with E-state index >= 15 is 0 Å². The molecule has 0 bridgehead atoms. The van der Waals surface area contributed by atoms with Crippen molar-refractivity contribution >= 4 is 17.7 Å². The van der Waals surface area contributed by atoms with Gasteiger partial charge in [-0.2, -0.15) is 0 Å². The van der Waals surface area contributed by atoms with E-state index in [1.165, 1.54) is 31.4 Å².